The lowest BCUT2D eigenvalue weighted by Gasteiger charge is -2.34. The summed E-state index contributed by atoms with van der Waals surface area (Å²) in [6.07, 6.45) is 4.54. The molecular formula is C22H30Cl4N2. The van der Waals surface area contributed by atoms with Gasteiger partial charge in [0.1, 0.15) is 0 Å². The van der Waals surface area contributed by atoms with Crippen LogP contribution in [0.1, 0.15) is 36.8 Å². The van der Waals surface area contributed by atoms with Gasteiger partial charge in [0.2, 0.25) is 0 Å². The molecule has 2 aromatic rings. The van der Waals surface area contributed by atoms with Crippen molar-refractivity contribution >= 4 is 48.0 Å². The van der Waals surface area contributed by atoms with Crippen LogP contribution in [0.2, 0.25) is 0 Å². The normalized spacial score (nSPS) is 21.1. The van der Waals surface area contributed by atoms with Gasteiger partial charge in [0, 0.05) is 13.1 Å². The first-order valence-corrected chi connectivity index (χ1v) is 10.4. The Hall–Kier alpha value is -0.480. The molecule has 0 spiro atoms. The Morgan fingerprint density at radius 1 is 0.643 bits per heavy atom. The minimum absolute atomic E-state index is 0. The summed E-state index contributed by atoms with van der Waals surface area (Å²) in [7, 11) is 0. The Bertz CT molecular complexity index is 576. The molecule has 2 nitrogen and oxygen atoms in total. The van der Waals surface area contributed by atoms with Crippen molar-refractivity contribution in [3.8, 4) is 0 Å². The maximum absolute atomic E-state index is 6.62. The third-order valence-electron chi connectivity index (χ3n) is 5.33. The topological polar surface area (TPSA) is 24.1 Å². The molecule has 2 atom stereocenters. The Morgan fingerprint density at radius 3 is 1.29 bits per heavy atom. The van der Waals surface area contributed by atoms with Gasteiger partial charge in [0.05, 0.1) is 11.0 Å². The molecule has 1 saturated carbocycles. The standard InChI is InChI=1S/C22H28Cl2N2.2ClH/c23-21(25-15-17-7-3-1-4-8-17)19-11-13-20(14-12-19)22(24)26-16-18-9-5-2-6-10-18;;/h1-10,19-22,25-26H,11-16H2;2*1H. The molecule has 156 valence electrons. The second-order valence-corrected chi connectivity index (χ2v) is 8.15. The third kappa shape index (κ3) is 8.10. The van der Waals surface area contributed by atoms with Crippen LogP contribution in [-0.2, 0) is 13.1 Å². The van der Waals surface area contributed by atoms with Crippen LogP contribution >= 0.6 is 48.0 Å². The van der Waals surface area contributed by atoms with E-state index in [4.69, 9.17) is 23.2 Å². The number of nitrogens with one attached hydrogen (secondary N) is 2. The van der Waals surface area contributed by atoms with Gasteiger partial charge in [-0.25, -0.2) is 0 Å². The van der Waals surface area contributed by atoms with Crippen molar-refractivity contribution in [2.24, 2.45) is 11.8 Å². The quantitative estimate of drug-likeness (QED) is 0.352. The van der Waals surface area contributed by atoms with Crippen molar-refractivity contribution in [1.29, 1.82) is 0 Å². The van der Waals surface area contributed by atoms with Crippen LogP contribution in [0.25, 0.3) is 0 Å². The van der Waals surface area contributed by atoms with Crippen molar-refractivity contribution in [2.75, 3.05) is 0 Å². The molecule has 2 aromatic carbocycles. The zero-order chi connectivity index (χ0) is 18.2. The zero-order valence-corrected chi connectivity index (χ0v) is 19.0. The summed E-state index contributed by atoms with van der Waals surface area (Å²) < 4.78 is 0. The first-order valence-electron chi connectivity index (χ1n) is 9.55. The third-order valence-corrected chi connectivity index (χ3v) is 6.35. The molecule has 0 bridgehead atoms. The molecular weight excluding hydrogens is 434 g/mol. The van der Waals surface area contributed by atoms with Crippen molar-refractivity contribution in [3.05, 3.63) is 71.8 Å². The van der Waals surface area contributed by atoms with Gasteiger partial charge in [0.25, 0.3) is 0 Å². The Balaban J connectivity index is 0.00000196. The van der Waals surface area contributed by atoms with Crippen LogP contribution in [0.15, 0.2) is 60.7 Å². The van der Waals surface area contributed by atoms with Gasteiger partial charge in [-0.1, -0.05) is 60.7 Å². The van der Waals surface area contributed by atoms with E-state index in [0.717, 1.165) is 38.8 Å². The Morgan fingerprint density at radius 2 is 0.964 bits per heavy atom. The van der Waals surface area contributed by atoms with Crippen LogP contribution in [0, 0.1) is 11.8 Å². The monoisotopic (exact) mass is 462 g/mol. The van der Waals surface area contributed by atoms with Gasteiger partial charge in [0.15, 0.2) is 0 Å². The van der Waals surface area contributed by atoms with Crippen molar-refractivity contribution in [2.45, 2.75) is 49.8 Å². The van der Waals surface area contributed by atoms with E-state index in [1.807, 2.05) is 12.1 Å². The van der Waals surface area contributed by atoms with Crippen molar-refractivity contribution < 1.29 is 0 Å². The lowest BCUT2D eigenvalue weighted by atomic mass is 9.81. The van der Waals surface area contributed by atoms with Crippen LogP contribution in [0.3, 0.4) is 0 Å². The number of halogens is 4. The van der Waals surface area contributed by atoms with E-state index in [-0.39, 0.29) is 35.8 Å². The number of hydrogen-bond donors (Lipinski definition) is 2. The molecule has 2 N–H and O–H groups in total. The zero-order valence-electron chi connectivity index (χ0n) is 15.9. The molecule has 1 fully saturated rings. The molecule has 3 rings (SSSR count). The van der Waals surface area contributed by atoms with E-state index in [0.29, 0.717) is 11.8 Å². The van der Waals surface area contributed by atoms with Crippen LogP contribution in [0.4, 0.5) is 0 Å². The van der Waals surface area contributed by atoms with Crippen LogP contribution in [-0.4, -0.2) is 11.0 Å². The highest BCUT2D eigenvalue weighted by atomic mass is 35.5. The van der Waals surface area contributed by atoms with Gasteiger partial charge in [-0.15, -0.1) is 48.0 Å². The molecule has 0 saturated heterocycles. The first kappa shape index (κ1) is 25.6. The Kier molecular flexibility index (Phi) is 12.5. The molecule has 0 amide bonds. The van der Waals surface area contributed by atoms with Gasteiger partial charge in [-0.05, 0) is 48.6 Å². The van der Waals surface area contributed by atoms with E-state index in [1.165, 1.54) is 11.1 Å². The number of hydrogen-bond acceptors (Lipinski definition) is 2. The molecule has 0 radical (unpaired) electrons. The molecule has 28 heavy (non-hydrogen) atoms. The molecule has 0 aliphatic heterocycles. The van der Waals surface area contributed by atoms with Crippen molar-refractivity contribution in [1.82, 2.24) is 10.6 Å². The summed E-state index contributed by atoms with van der Waals surface area (Å²) in [5, 5.41) is 6.95. The fourth-order valence-electron chi connectivity index (χ4n) is 3.69. The Labute approximate surface area is 191 Å². The SMILES string of the molecule is Cl.Cl.ClC(NCc1ccccc1)C1CCC(C(Cl)NCc2ccccc2)CC1. The van der Waals surface area contributed by atoms with Gasteiger partial charge < -0.3 is 0 Å². The van der Waals surface area contributed by atoms with E-state index in [1.54, 1.807) is 0 Å². The highest BCUT2D eigenvalue weighted by molar-refractivity contribution is 6.20. The summed E-state index contributed by atoms with van der Waals surface area (Å²) in [5.74, 6) is 1.05. The maximum atomic E-state index is 6.62. The summed E-state index contributed by atoms with van der Waals surface area (Å²) >= 11 is 13.2. The lowest BCUT2D eigenvalue weighted by molar-refractivity contribution is 0.236. The molecule has 1 aliphatic carbocycles. The second kappa shape index (κ2) is 13.7. The maximum Gasteiger partial charge on any atom is 0.0856 e. The predicted octanol–water partition coefficient (Wildman–Crippen LogP) is 6.35. The summed E-state index contributed by atoms with van der Waals surface area (Å²) in [4.78, 5) is 0. The molecule has 0 heterocycles. The summed E-state index contributed by atoms with van der Waals surface area (Å²) in [5.41, 5.74) is 2.61. The molecule has 0 aromatic heterocycles. The highest BCUT2D eigenvalue weighted by Crippen LogP contribution is 2.34. The predicted molar refractivity (Wildman–Crippen MR) is 126 cm³/mol. The van der Waals surface area contributed by atoms with E-state index < -0.39 is 0 Å². The fourth-order valence-corrected chi connectivity index (χ4v) is 4.34. The first-order chi connectivity index (χ1) is 12.7. The fraction of sp³-hybridized carbons (Fsp3) is 0.455. The van der Waals surface area contributed by atoms with E-state index in [9.17, 15) is 0 Å². The van der Waals surface area contributed by atoms with Crippen LogP contribution in [0.5, 0.6) is 0 Å². The average Bonchev–Trinajstić information content (AvgIpc) is 2.72. The summed E-state index contributed by atoms with van der Waals surface area (Å²) in [6.45, 7) is 1.65. The lowest BCUT2D eigenvalue weighted by Crippen LogP contribution is -2.37. The minimum Gasteiger partial charge on any atom is -0.297 e. The highest BCUT2D eigenvalue weighted by Gasteiger charge is 2.29. The summed E-state index contributed by atoms with van der Waals surface area (Å²) in [6, 6.07) is 20.9. The smallest absolute Gasteiger partial charge is 0.0856 e. The number of benzene rings is 2. The molecule has 6 heteroatoms. The second-order valence-electron chi connectivity index (χ2n) is 7.21. The number of alkyl halides is 2. The van der Waals surface area contributed by atoms with Crippen LogP contribution < -0.4 is 10.6 Å². The number of rotatable bonds is 8. The minimum atomic E-state index is 0. The van der Waals surface area contributed by atoms with Gasteiger partial charge in [-0.2, -0.15) is 0 Å². The molecule has 2 unspecified atom stereocenters. The molecule has 1 aliphatic rings. The van der Waals surface area contributed by atoms with E-state index >= 15 is 0 Å². The van der Waals surface area contributed by atoms with Gasteiger partial charge >= 0.3 is 0 Å². The van der Waals surface area contributed by atoms with E-state index in [2.05, 4.69) is 59.2 Å². The average molecular weight is 464 g/mol. The van der Waals surface area contributed by atoms with Crippen molar-refractivity contribution in [3.63, 3.8) is 0 Å². The van der Waals surface area contributed by atoms with Gasteiger partial charge in [-0.3, -0.25) is 10.6 Å². The largest absolute Gasteiger partial charge is 0.297 e.